The largest absolute Gasteiger partial charge is 0.481 e. The summed E-state index contributed by atoms with van der Waals surface area (Å²) in [5.74, 6) is -0.961. The van der Waals surface area contributed by atoms with Crippen molar-refractivity contribution >= 4 is 28.3 Å². The van der Waals surface area contributed by atoms with E-state index in [1.165, 1.54) is 22.5 Å². The van der Waals surface area contributed by atoms with Crippen LogP contribution in [0.2, 0.25) is 0 Å². The van der Waals surface area contributed by atoms with E-state index in [1.54, 1.807) is 13.1 Å². The normalized spacial score (nSPS) is 20.2. The number of benzene rings is 1. The van der Waals surface area contributed by atoms with E-state index in [4.69, 9.17) is 0 Å². The van der Waals surface area contributed by atoms with Gasteiger partial charge in [0.05, 0.1) is 12.0 Å². The van der Waals surface area contributed by atoms with Crippen LogP contribution in [0, 0.1) is 12.3 Å². The third kappa shape index (κ3) is 4.47. The lowest BCUT2D eigenvalue weighted by Gasteiger charge is -2.19. The zero-order chi connectivity index (χ0) is 18.7. The Kier molecular flexibility index (Phi) is 5.38. The average molecular weight is 373 g/mol. The third-order valence-electron chi connectivity index (χ3n) is 4.70. The molecule has 7 heteroatoms. The number of anilines is 1. The minimum atomic E-state index is -0.805. The van der Waals surface area contributed by atoms with Gasteiger partial charge in [-0.25, -0.2) is 4.98 Å². The second-order valence-electron chi connectivity index (χ2n) is 7.17. The molecule has 26 heavy (non-hydrogen) atoms. The van der Waals surface area contributed by atoms with Crippen molar-refractivity contribution in [2.24, 2.45) is 5.41 Å². The first-order valence-corrected chi connectivity index (χ1v) is 9.41. The second-order valence-corrected chi connectivity index (χ2v) is 8.29. The molecular formula is C19H23N3O3S. The summed E-state index contributed by atoms with van der Waals surface area (Å²) in [6.07, 6.45) is 3.14. The average Bonchev–Trinajstić information content (AvgIpc) is 3.15. The van der Waals surface area contributed by atoms with Crippen molar-refractivity contribution in [3.8, 4) is 0 Å². The molecule has 0 spiro atoms. The summed E-state index contributed by atoms with van der Waals surface area (Å²) < 4.78 is 0. The van der Waals surface area contributed by atoms with Crippen LogP contribution in [0.4, 0.5) is 5.13 Å². The number of aliphatic carboxylic acids is 1. The topological polar surface area (TPSA) is 82.5 Å². The fourth-order valence-corrected chi connectivity index (χ4v) is 4.06. The van der Waals surface area contributed by atoms with Crippen molar-refractivity contribution in [3.63, 3.8) is 0 Å². The Balaban J connectivity index is 1.53. The maximum Gasteiger partial charge on any atom is 0.310 e. The third-order valence-corrected chi connectivity index (χ3v) is 5.61. The number of nitrogens with one attached hydrogen (secondary N) is 1. The number of nitrogens with zero attached hydrogens (tertiary/aromatic N) is 2. The van der Waals surface area contributed by atoms with Crippen LogP contribution in [0.5, 0.6) is 0 Å². The van der Waals surface area contributed by atoms with Gasteiger partial charge in [-0.1, -0.05) is 29.8 Å². The van der Waals surface area contributed by atoms with Gasteiger partial charge in [0.1, 0.15) is 0 Å². The Labute approximate surface area is 156 Å². The molecule has 1 amide bonds. The highest BCUT2D eigenvalue weighted by atomic mass is 32.1. The molecule has 1 aromatic carbocycles. The zero-order valence-electron chi connectivity index (χ0n) is 15.0. The maximum absolute atomic E-state index is 12.2. The minimum Gasteiger partial charge on any atom is -0.481 e. The Bertz CT molecular complexity index is 820. The number of hydrogen-bond acceptors (Lipinski definition) is 5. The number of rotatable bonds is 6. The van der Waals surface area contributed by atoms with E-state index in [1.807, 2.05) is 11.0 Å². The fourth-order valence-electron chi connectivity index (χ4n) is 3.20. The molecule has 1 aliphatic heterocycles. The lowest BCUT2D eigenvalue weighted by Crippen LogP contribution is -2.35. The molecule has 1 fully saturated rings. The van der Waals surface area contributed by atoms with Crippen LogP contribution in [-0.2, 0) is 16.0 Å². The number of amides is 1. The first-order chi connectivity index (χ1) is 12.3. The minimum absolute atomic E-state index is 0.156. The Morgan fingerprint density at radius 3 is 2.92 bits per heavy atom. The SMILES string of the molecule is Cc1cccc(Cc2cnc(NC(=O)CN3CCC(C)(C(=O)O)C3)s2)c1. The van der Waals surface area contributed by atoms with Crippen molar-refractivity contribution in [3.05, 3.63) is 46.5 Å². The monoisotopic (exact) mass is 373 g/mol. The molecule has 0 bridgehead atoms. The molecule has 0 aliphatic carbocycles. The van der Waals surface area contributed by atoms with Crippen LogP contribution in [-0.4, -0.2) is 46.5 Å². The van der Waals surface area contributed by atoms with Gasteiger partial charge >= 0.3 is 5.97 Å². The molecule has 138 valence electrons. The van der Waals surface area contributed by atoms with Crippen molar-refractivity contribution in [1.82, 2.24) is 9.88 Å². The van der Waals surface area contributed by atoms with Crippen LogP contribution in [0.1, 0.15) is 29.3 Å². The van der Waals surface area contributed by atoms with Gasteiger partial charge in [-0.15, -0.1) is 11.3 Å². The number of carbonyl (C=O) groups excluding carboxylic acids is 1. The molecule has 0 radical (unpaired) electrons. The Morgan fingerprint density at radius 1 is 1.42 bits per heavy atom. The van der Waals surface area contributed by atoms with E-state index in [0.29, 0.717) is 24.6 Å². The summed E-state index contributed by atoms with van der Waals surface area (Å²) in [7, 11) is 0. The summed E-state index contributed by atoms with van der Waals surface area (Å²) in [6.45, 7) is 5.00. The van der Waals surface area contributed by atoms with Crippen molar-refractivity contribution in [2.75, 3.05) is 25.0 Å². The van der Waals surface area contributed by atoms with Crippen molar-refractivity contribution in [1.29, 1.82) is 0 Å². The molecule has 2 N–H and O–H groups in total. The number of carboxylic acids is 1. The van der Waals surface area contributed by atoms with E-state index in [-0.39, 0.29) is 12.5 Å². The van der Waals surface area contributed by atoms with E-state index in [0.717, 1.165) is 11.3 Å². The number of aryl methyl sites for hydroxylation is 1. The summed E-state index contributed by atoms with van der Waals surface area (Å²) in [6, 6.07) is 8.33. The Morgan fingerprint density at radius 2 is 2.23 bits per heavy atom. The van der Waals surface area contributed by atoms with E-state index in [9.17, 15) is 14.7 Å². The quantitative estimate of drug-likeness (QED) is 0.814. The lowest BCUT2D eigenvalue weighted by molar-refractivity contribution is -0.147. The van der Waals surface area contributed by atoms with Gasteiger partial charge in [0, 0.05) is 24.0 Å². The van der Waals surface area contributed by atoms with Gasteiger partial charge in [-0.05, 0) is 32.4 Å². The van der Waals surface area contributed by atoms with E-state index in [2.05, 4.69) is 35.4 Å². The molecule has 0 saturated carbocycles. The van der Waals surface area contributed by atoms with Crippen LogP contribution in [0.25, 0.3) is 0 Å². The van der Waals surface area contributed by atoms with Crippen molar-refractivity contribution in [2.45, 2.75) is 26.7 Å². The van der Waals surface area contributed by atoms with Gasteiger partial charge < -0.3 is 10.4 Å². The van der Waals surface area contributed by atoms with Crippen LogP contribution < -0.4 is 5.32 Å². The molecule has 6 nitrogen and oxygen atoms in total. The first kappa shape index (κ1) is 18.5. The van der Waals surface area contributed by atoms with Crippen LogP contribution in [0.15, 0.2) is 30.5 Å². The van der Waals surface area contributed by atoms with Crippen LogP contribution in [0.3, 0.4) is 0 Å². The highest BCUT2D eigenvalue weighted by Crippen LogP contribution is 2.30. The highest BCUT2D eigenvalue weighted by molar-refractivity contribution is 7.15. The maximum atomic E-state index is 12.2. The number of aromatic nitrogens is 1. The molecule has 1 saturated heterocycles. The molecule has 3 rings (SSSR count). The number of carboxylic acid groups (broad SMARTS) is 1. The van der Waals surface area contributed by atoms with E-state index >= 15 is 0 Å². The summed E-state index contributed by atoms with van der Waals surface area (Å²) in [4.78, 5) is 30.8. The smallest absolute Gasteiger partial charge is 0.310 e. The molecular weight excluding hydrogens is 350 g/mol. The van der Waals surface area contributed by atoms with Crippen LogP contribution >= 0.6 is 11.3 Å². The first-order valence-electron chi connectivity index (χ1n) is 8.60. The van der Waals surface area contributed by atoms with Crippen molar-refractivity contribution < 1.29 is 14.7 Å². The molecule has 1 atom stereocenters. The number of hydrogen-bond donors (Lipinski definition) is 2. The predicted molar refractivity (Wildman–Crippen MR) is 102 cm³/mol. The molecule has 1 aromatic heterocycles. The van der Waals surface area contributed by atoms with Gasteiger partial charge in [0.2, 0.25) is 5.91 Å². The zero-order valence-corrected chi connectivity index (χ0v) is 15.8. The van der Waals surface area contributed by atoms with Gasteiger partial charge in [0.25, 0.3) is 0 Å². The summed E-state index contributed by atoms with van der Waals surface area (Å²) in [5.41, 5.74) is 1.68. The summed E-state index contributed by atoms with van der Waals surface area (Å²) >= 11 is 1.47. The molecule has 1 unspecified atom stereocenters. The standard InChI is InChI=1S/C19H23N3O3S/c1-13-4-3-5-14(8-13)9-15-10-20-18(26-15)21-16(23)11-22-7-6-19(2,12-22)17(24)25/h3-5,8,10H,6-7,9,11-12H2,1-2H3,(H,24,25)(H,20,21,23). The lowest BCUT2D eigenvalue weighted by atomic mass is 9.90. The Hall–Kier alpha value is -2.25. The molecule has 1 aliphatic rings. The molecule has 2 aromatic rings. The number of likely N-dealkylation sites (tertiary alicyclic amines) is 1. The fraction of sp³-hybridized carbons (Fsp3) is 0.421. The molecule has 2 heterocycles. The number of thiazole rings is 1. The second kappa shape index (κ2) is 7.55. The van der Waals surface area contributed by atoms with Gasteiger partial charge in [0.15, 0.2) is 5.13 Å². The van der Waals surface area contributed by atoms with Gasteiger partial charge in [-0.3, -0.25) is 14.5 Å². The summed E-state index contributed by atoms with van der Waals surface area (Å²) in [5, 5.41) is 12.7. The van der Waals surface area contributed by atoms with E-state index < -0.39 is 11.4 Å². The predicted octanol–water partition coefficient (Wildman–Crippen LogP) is 2.78. The van der Waals surface area contributed by atoms with Gasteiger partial charge in [-0.2, -0.15) is 0 Å². The highest BCUT2D eigenvalue weighted by Gasteiger charge is 2.40. The number of carbonyl (C=O) groups is 2.